The van der Waals surface area contributed by atoms with Crippen molar-refractivity contribution in [2.75, 3.05) is 4.90 Å². The fraction of sp³-hybridized carbons (Fsp3) is 0.148. The van der Waals surface area contributed by atoms with Gasteiger partial charge in [0.15, 0.2) is 5.11 Å². The third-order valence-electron chi connectivity index (χ3n) is 6.37. The van der Waals surface area contributed by atoms with Gasteiger partial charge in [-0.05, 0) is 86.2 Å². The lowest BCUT2D eigenvalue weighted by molar-refractivity contribution is 0.0697. The molecule has 1 saturated heterocycles. The molecule has 0 amide bonds. The molecule has 1 fully saturated rings. The molecule has 0 spiro atoms. The van der Waals surface area contributed by atoms with Crippen LogP contribution in [0.15, 0.2) is 79.0 Å². The van der Waals surface area contributed by atoms with Crippen LogP contribution in [0.5, 0.6) is 0 Å². The second-order valence-corrected chi connectivity index (χ2v) is 9.28. The molecule has 176 valence electrons. The van der Waals surface area contributed by atoms with E-state index in [2.05, 4.69) is 21.3 Å². The highest BCUT2D eigenvalue weighted by Gasteiger charge is 2.42. The Labute approximate surface area is 213 Å². The van der Waals surface area contributed by atoms with Crippen LogP contribution >= 0.6 is 23.8 Å². The number of aromatic carboxylic acids is 1. The van der Waals surface area contributed by atoms with Gasteiger partial charge in [0, 0.05) is 28.3 Å². The van der Waals surface area contributed by atoms with E-state index in [1.165, 1.54) is 0 Å². The Morgan fingerprint density at radius 3 is 2.46 bits per heavy atom. The average molecular weight is 503 g/mol. The monoisotopic (exact) mass is 502 g/mol. The molecule has 3 heterocycles. The summed E-state index contributed by atoms with van der Waals surface area (Å²) >= 11 is 12.0. The van der Waals surface area contributed by atoms with Crippen LogP contribution in [0.3, 0.4) is 0 Å². The highest BCUT2D eigenvalue weighted by atomic mass is 35.5. The fourth-order valence-corrected chi connectivity index (χ4v) is 5.33. The lowest BCUT2D eigenvalue weighted by atomic mass is 9.96. The summed E-state index contributed by atoms with van der Waals surface area (Å²) in [6.45, 7) is 4.00. The van der Waals surface area contributed by atoms with Gasteiger partial charge in [-0.25, -0.2) is 4.79 Å². The van der Waals surface area contributed by atoms with E-state index in [1.807, 2.05) is 73.0 Å². The SMILES string of the molecule is Cc1cc(C2C(c3ccccn3)NC(=S)N2c2ccc(Cl)cc2)c(C)n1-c1ccccc1C(=O)O. The third kappa shape index (κ3) is 4.07. The molecule has 0 radical (unpaired) electrons. The number of carboxylic acid groups (broad SMARTS) is 1. The van der Waals surface area contributed by atoms with Gasteiger partial charge >= 0.3 is 5.97 Å². The molecule has 6 nitrogen and oxygen atoms in total. The van der Waals surface area contributed by atoms with Crippen LogP contribution < -0.4 is 10.2 Å². The quantitative estimate of drug-likeness (QED) is 0.325. The summed E-state index contributed by atoms with van der Waals surface area (Å²) in [5.74, 6) is -0.965. The molecule has 35 heavy (non-hydrogen) atoms. The Kier molecular flexibility index (Phi) is 6.05. The van der Waals surface area contributed by atoms with Gasteiger partial charge < -0.3 is 19.9 Å². The van der Waals surface area contributed by atoms with Gasteiger partial charge in [0.1, 0.15) is 0 Å². The van der Waals surface area contributed by atoms with E-state index in [0.717, 1.165) is 28.3 Å². The number of anilines is 1. The number of pyridine rings is 1. The minimum absolute atomic E-state index is 0.206. The smallest absolute Gasteiger partial charge is 0.337 e. The number of thiocarbonyl (C=S) groups is 1. The van der Waals surface area contributed by atoms with E-state index >= 15 is 0 Å². The molecule has 8 heteroatoms. The lowest BCUT2D eigenvalue weighted by Crippen LogP contribution is -2.29. The number of rotatable bonds is 5. The number of benzene rings is 2. The molecule has 1 aliphatic heterocycles. The van der Waals surface area contributed by atoms with E-state index in [9.17, 15) is 9.90 Å². The fourth-order valence-electron chi connectivity index (χ4n) is 4.86. The number of aromatic nitrogens is 2. The largest absolute Gasteiger partial charge is 0.478 e. The normalized spacial score (nSPS) is 17.5. The Morgan fingerprint density at radius 2 is 1.77 bits per heavy atom. The second kappa shape index (κ2) is 9.17. The van der Waals surface area contributed by atoms with Crippen LogP contribution in [-0.2, 0) is 0 Å². The number of para-hydroxylation sites is 1. The first kappa shape index (κ1) is 23.1. The maximum absolute atomic E-state index is 12.0. The predicted octanol–water partition coefficient (Wildman–Crippen LogP) is 6.02. The van der Waals surface area contributed by atoms with Crippen molar-refractivity contribution in [3.05, 3.63) is 112 Å². The van der Waals surface area contributed by atoms with E-state index in [4.69, 9.17) is 23.8 Å². The summed E-state index contributed by atoms with van der Waals surface area (Å²) in [7, 11) is 0. The lowest BCUT2D eigenvalue weighted by Gasteiger charge is -2.28. The first-order chi connectivity index (χ1) is 16.9. The van der Waals surface area contributed by atoms with Gasteiger partial charge in [-0.2, -0.15) is 0 Å². The number of hydrogen-bond acceptors (Lipinski definition) is 3. The number of carboxylic acids is 1. The van der Waals surface area contributed by atoms with Crippen LogP contribution in [0.1, 0.15) is 45.1 Å². The molecule has 2 aromatic heterocycles. The minimum Gasteiger partial charge on any atom is -0.478 e. The number of hydrogen-bond donors (Lipinski definition) is 2. The van der Waals surface area contributed by atoms with Gasteiger partial charge in [0.2, 0.25) is 0 Å². The first-order valence-electron chi connectivity index (χ1n) is 11.1. The molecule has 0 aliphatic carbocycles. The van der Waals surface area contributed by atoms with Gasteiger partial charge in [0.05, 0.1) is 29.0 Å². The number of nitrogens with zero attached hydrogens (tertiary/aromatic N) is 3. The number of nitrogens with one attached hydrogen (secondary N) is 1. The molecule has 2 unspecified atom stereocenters. The van der Waals surface area contributed by atoms with Crippen molar-refractivity contribution in [2.24, 2.45) is 0 Å². The van der Waals surface area contributed by atoms with Gasteiger partial charge in [0.25, 0.3) is 0 Å². The number of aryl methyl sites for hydroxylation is 1. The van der Waals surface area contributed by atoms with Gasteiger partial charge in [-0.1, -0.05) is 29.8 Å². The molecule has 1 aliphatic rings. The topological polar surface area (TPSA) is 70.4 Å². The summed E-state index contributed by atoms with van der Waals surface area (Å²) in [5.41, 5.74) is 5.55. The Morgan fingerprint density at radius 1 is 1.06 bits per heavy atom. The Bertz CT molecular complexity index is 1420. The van der Waals surface area contributed by atoms with Crippen molar-refractivity contribution in [3.8, 4) is 5.69 Å². The van der Waals surface area contributed by atoms with Crippen LogP contribution in [-0.4, -0.2) is 25.7 Å². The summed E-state index contributed by atoms with van der Waals surface area (Å²) in [6, 6.07) is 22.1. The molecule has 2 atom stereocenters. The van der Waals surface area contributed by atoms with Crippen LogP contribution in [0.25, 0.3) is 5.69 Å². The molecular formula is C27H23ClN4O2S. The van der Waals surface area contributed by atoms with Crippen molar-refractivity contribution in [2.45, 2.75) is 25.9 Å². The molecule has 4 aromatic rings. The highest BCUT2D eigenvalue weighted by Crippen LogP contribution is 2.44. The Balaban J connectivity index is 1.70. The van der Waals surface area contributed by atoms with Crippen molar-refractivity contribution in [3.63, 3.8) is 0 Å². The molecular weight excluding hydrogens is 480 g/mol. The summed E-state index contributed by atoms with van der Waals surface area (Å²) in [6.07, 6.45) is 1.77. The maximum Gasteiger partial charge on any atom is 0.337 e. The Hall–Kier alpha value is -3.68. The zero-order valence-corrected chi connectivity index (χ0v) is 20.7. The average Bonchev–Trinajstić information content (AvgIpc) is 3.35. The van der Waals surface area contributed by atoms with Gasteiger partial charge in [-0.15, -0.1) is 0 Å². The van der Waals surface area contributed by atoms with Crippen molar-refractivity contribution < 1.29 is 9.90 Å². The predicted molar refractivity (Wildman–Crippen MR) is 142 cm³/mol. The molecule has 2 aromatic carbocycles. The minimum atomic E-state index is -0.965. The van der Waals surface area contributed by atoms with Crippen molar-refractivity contribution in [1.29, 1.82) is 0 Å². The molecule has 5 rings (SSSR count). The van der Waals surface area contributed by atoms with Crippen LogP contribution in [0, 0.1) is 13.8 Å². The van der Waals surface area contributed by atoms with Crippen molar-refractivity contribution in [1.82, 2.24) is 14.9 Å². The summed E-state index contributed by atoms with van der Waals surface area (Å²) in [4.78, 5) is 18.7. The van der Waals surface area contributed by atoms with E-state index < -0.39 is 5.97 Å². The highest BCUT2D eigenvalue weighted by molar-refractivity contribution is 7.80. The van der Waals surface area contributed by atoms with Crippen molar-refractivity contribution >= 4 is 40.6 Å². The van der Waals surface area contributed by atoms with E-state index in [1.54, 1.807) is 18.3 Å². The van der Waals surface area contributed by atoms with E-state index in [0.29, 0.717) is 15.8 Å². The third-order valence-corrected chi connectivity index (χ3v) is 6.93. The molecule has 0 saturated carbocycles. The standard InChI is InChI=1S/C27H23ClN4O2S/c1-16-15-21(17(2)31(16)23-9-4-3-7-20(23)26(33)34)25-24(22-8-5-6-14-29-22)30-27(35)32(25)19-12-10-18(28)11-13-19/h3-15,24-25H,1-2H3,(H,30,35)(H,33,34). The zero-order valence-electron chi connectivity index (χ0n) is 19.1. The summed E-state index contributed by atoms with van der Waals surface area (Å²) in [5, 5.41) is 14.5. The van der Waals surface area contributed by atoms with Gasteiger partial charge in [-0.3, -0.25) is 4.98 Å². The number of halogens is 1. The molecule has 0 bridgehead atoms. The number of carbonyl (C=O) groups is 1. The second-order valence-electron chi connectivity index (χ2n) is 8.46. The zero-order chi connectivity index (χ0) is 24.7. The summed E-state index contributed by atoms with van der Waals surface area (Å²) < 4.78 is 2.00. The van der Waals surface area contributed by atoms with E-state index in [-0.39, 0.29) is 17.6 Å². The van der Waals surface area contributed by atoms with Crippen LogP contribution in [0.4, 0.5) is 5.69 Å². The maximum atomic E-state index is 12.0. The first-order valence-corrected chi connectivity index (χ1v) is 11.9. The van der Waals surface area contributed by atoms with Crippen LogP contribution in [0.2, 0.25) is 5.02 Å². The molecule has 2 N–H and O–H groups in total.